The van der Waals surface area contributed by atoms with Gasteiger partial charge in [0.25, 0.3) is 0 Å². The van der Waals surface area contributed by atoms with Crippen molar-refractivity contribution in [1.82, 2.24) is 10.6 Å². The number of nitrogens with zero attached hydrogens (tertiary/aromatic N) is 1. The summed E-state index contributed by atoms with van der Waals surface area (Å²) in [7, 11) is 1.53. The lowest BCUT2D eigenvalue weighted by molar-refractivity contribution is -0.138. The summed E-state index contributed by atoms with van der Waals surface area (Å²) >= 11 is 0. The highest BCUT2D eigenvalue weighted by Crippen LogP contribution is 2.32. The zero-order chi connectivity index (χ0) is 20.4. The molecule has 1 aromatic carbocycles. The lowest BCUT2D eigenvalue weighted by atomic mass is 10.0. The van der Waals surface area contributed by atoms with Gasteiger partial charge >= 0.3 is 6.18 Å². The van der Waals surface area contributed by atoms with Crippen molar-refractivity contribution in [2.45, 2.75) is 32.0 Å². The molecule has 0 spiro atoms. The molecule has 10 heteroatoms. The van der Waals surface area contributed by atoms with Crippen molar-refractivity contribution in [3.8, 4) is 0 Å². The van der Waals surface area contributed by atoms with Gasteiger partial charge in [-0.15, -0.1) is 24.0 Å². The van der Waals surface area contributed by atoms with Crippen molar-refractivity contribution in [2.24, 2.45) is 10.9 Å². The van der Waals surface area contributed by atoms with Crippen molar-refractivity contribution >= 4 is 29.9 Å². The maximum absolute atomic E-state index is 13.2. The smallest absolute Gasteiger partial charge is 0.381 e. The molecule has 0 bridgehead atoms. The zero-order valence-corrected chi connectivity index (χ0v) is 18.7. The largest absolute Gasteiger partial charge is 0.416 e. The summed E-state index contributed by atoms with van der Waals surface area (Å²) in [5.74, 6) is 0.0101. The highest BCUT2D eigenvalue weighted by Gasteiger charge is 2.33. The molecule has 29 heavy (non-hydrogen) atoms. The normalized spacial score (nSPS) is 15.7. The average Bonchev–Trinajstić information content (AvgIpc) is 2.67. The molecule has 5 nitrogen and oxygen atoms in total. The van der Waals surface area contributed by atoms with E-state index in [2.05, 4.69) is 15.6 Å². The number of alkyl halides is 3. The Labute approximate surface area is 185 Å². The first kappa shape index (κ1) is 25.9. The summed E-state index contributed by atoms with van der Waals surface area (Å²) in [6, 6.07) is 2.64. The minimum Gasteiger partial charge on any atom is -0.381 e. The second-order valence-corrected chi connectivity index (χ2v) is 6.64. The van der Waals surface area contributed by atoms with E-state index in [-0.39, 0.29) is 36.1 Å². The summed E-state index contributed by atoms with van der Waals surface area (Å²) < 4.78 is 63.2. The standard InChI is InChI=1S/C19H27F4N3O2.HI/c1-24-18(25-7-2-8-28-13-14-5-9-27-10-6-14)26-12-15-3-4-16(20)11-17(15)19(21,22)23;/h3-4,11,14H,2,5-10,12-13H2,1H3,(H2,24,25,26);1H. The Bertz CT molecular complexity index is 638. The second-order valence-electron chi connectivity index (χ2n) is 6.64. The van der Waals surface area contributed by atoms with Gasteiger partial charge < -0.3 is 20.1 Å². The van der Waals surface area contributed by atoms with Crippen LogP contribution in [-0.4, -0.2) is 46.0 Å². The number of benzene rings is 1. The van der Waals surface area contributed by atoms with Crippen LogP contribution in [0.25, 0.3) is 0 Å². The molecule has 0 saturated carbocycles. The Kier molecular flexibility index (Phi) is 11.8. The molecule has 166 valence electrons. The van der Waals surface area contributed by atoms with Crippen molar-refractivity contribution in [2.75, 3.05) is 40.0 Å². The molecule has 0 amide bonds. The number of guanidine groups is 1. The molecule has 0 aliphatic carbocycles. The monoisotopic (exact) mass is 533 g/mol. The van der Waals surface area contributed by atoms with Crippen LogP contribution in [0.4, 0.5) is 17.6 Å². The molecule has 0 atom stereocenters. The van der Waals surface area contributed by atoms with E-state index in [4.69, 9.17) is 9.47 Å². The summed E-state index contributed by atoms with van der Waals surface area (Å²) in [6.07, 6.45) is -1.82. The van der Waals surface area contributed by atoms with Gasteiger partial charge in [0.1, 0.15) is 5.82 Å². The predicted octanol–water partition coefficient (Wildman–Crippen LogP) is 3.96. The molecule has 1 aliphatic rings. The van der Waals surface area contributed by atoms with Gasteiger partial charge in [0.05, 0.1) is 5.56 Å². The van der Waals surface area contributed by atoms with E-state index in [9.17, 15) is 17.6 Å². The first-order valence-corrected chi connectivity index (χ1v) is 9.35. The van der Waals surface area contributed by atoms with Crippen LogP contribution >= 0.6 is 24.0 Å². The molecule has 0 aromatic heterocycles. The zero-order valence-electron chi connectivity index (χ0n) is 16.4. The Hall–Kier alpha value is -1.14. The molecule has 1 heterocycles. The van der Waals surface area contributed by atoms with Crippen molar-refractivity contribution in [3.05, 3.63) is 35.1 Å². The van der Waals surface area contributed by atoms with Crippen LogP contribution in [0.2, 0.25) is 0 Å². The number of aliphatic imine (C=N–C) groups is 1. The summed E-state index contributed by atoms with van der Waals surface area (Å²) in [5, 5.41) is 5.85. The van der Waals surface area contributed by atoms with E-state index >= 15 is 0 Å². The fraction of sp³-hybridized carbons (Fsp3) is 0.632. The minimum absolute atomic E-state index is 0. The van der Waals surface area contributed by atoms with E-state index in [1.807, 2.05) is 0 Å². The molecular formula is C19H28F4IN3O2. The van der Waals surface area contributed by atoms with Crippen LogP contribution in [0.1, 0.15) is 30.4 Å². The van der Waals surface area contributed by atoms with Gasteiger partial charge in [-0.05, 0) is 42.9 Å². The molecule has 1 aromatic rings. The second kappa shape index (κ2) is 13.2. The first-order chi connectivity index (χ1) is 13.4. The Morgan fingerprint density at radius 2 is 1.97 bits per heavy atom. The molecule has 1 aliphatic heterocycles. The number of rotatable bonds is 8. The molecule has 2 N–H and O–H groups in total. The third kappa shape index (κ3) is 9.47. The van der Waals surface area contributed by atoms with Gasteiger partial charge in [-0.25, -0.2) is 4.39 Å². The van der Waals surface area contributed by atoms with Crippen LogP contribution in [0, 0.1) is 11.7 Å². The molecule has 2 rings (SSSR count). The van der Waals surface area contributed by atoms with E-state index < -0.39 is 17.6 Å². The molecule has 0 radical (unpaired) electrons. The topological polar surface area (TPSA) is 54.9 Å². The third-order valence-corrected chi connectivity index (χ3v) is 4.50. The minimum atomic E-state index is -4.61. The van der Waals surface area contributed by atoms with E-state index in [1.54, 1.807) is 0 Å². The number of nitrogens with one attached hydrogen (secondary N) is 2. The Balaban J connectivity index is 0.00000420. The van der Waals surface area contributed by atoms with Gasteiger partial charge in [-0.1, -0.05) is 6.07 Å². The van der Waals surface area contributed by atoms with Gasteiger partial charge in [-0.2, -0.15) is 13.2 Å². The van der Waals surface area contributed by atoms with E-state index in [1.165, 1.54) is 7.05 Å². The lowest BCUT2D eigenvalue weighted by Crippen LogP contribution is -2.38. The van der Waals surface area contributed by atoms with E-state index in [0.717, 1.165) is 51.2 Å². The molecule has 0 unspecified atom stereocenters. The average molecular weight is 533 g/mol. The molecular weight excluding hydrogens is 505 g/mol. The SMILES string of the molecule is CN=C(NCCCOCC1CCOCC1)NCc1ccc(F)cc1C(F)(F)F.I. The van der Waals surface area contributed by atoms with Crippen LogP contribution in [0.3, 0.4) is 0 Å². The number of halogens is 5. The van der Waals surface area contributed by atoms with Gasteiger partial charge in [0.2, 0.25) is 0 Å². The van der Waals surface area contributed by atoms with Gasteiger partial charge in [0.15, 0.2) is 5.96 Å². The van der Waals surface area contributed by atoms with E-state index in [0.29, 0.717) is 31.1 Å². The highest BCUT2D eigenvalue weighted by atomic mass is 127. The summed E-state index contributed by atoms with van der Waals surface area (Å²) in [5.41, 5.74) is -1.03. The highest BCUT2D eigenvalue weighted by molar-refractivity contribution is 14.0. The number of ether oxygens (including phenoxy) is 2. The fourth-order valence-corrected chi connectivity index (χ4v) is 2.91. The fourth-order valence-electron chi connectivity index (χ4n) is 2.91. The maximum atomic E-state index is 13.2. The summed E-state index contributed by atoms with van der Waals surface area (Å²) in [4.78, 5) is 3.99. The number of hydrogen-bond donors (Lipinski definition) is 2. The van der Waals surface area contributed by atoms with Crippen LogP contribution in [0.5, 0.6) is 0 Å². The van der Waals surface area contributed by atoms with Crippen LogP contribution in [0.15, 0.2) is 23.2 Å². The Morgan fingerprint density at radius 1 is 1.24 bits per heavy atom. The quantitative estimate of drug-likeness (QED) is 0.175. The number of hydrogen-bond acceptors (Lipinski definition) is 3. The Morgan fingerprint density at radius 3 is 2.62 bits per heavy atom. The van der Waals surface area contributed by atoms with Crippen LogP contribution in [-0.2, 0) is 22.2 Å². The van der Waals surface area contributed by atoms with Gasteiger partial charge in [-0.3, -0.25) is 4.99 Å². The summed E-state index contributed by atoms with van der Waals surface area (Å²) in [6.45, 7) is 3.36. The molecule has 1 fully saturated rings. The molecule has 1 saturated heterocycles. The maximum Gasteiger partial charge on any atom is 0.416 e. The lowest BCUT2D eigenvalue weighted by Gasteiger charge is -2.21. The van der Waals surface area contributed by atoms with Crippen molar-refractivity contribution < 1.29 is 27.0 Å². The van der Waals surface area contributed by atoms with Crippen molar-refractivity contribution in [1.29, 1.82) is 0 Å². The van der Waals surface area contributed by atoms with Crippen molar-refractivity contribution in [3.63, 3.8) is 0 Å². The van der Waals surface area contributed by atoms with Gasteiger partial charge in [0, 0.05) is 46.6 Å². The van der Waals surface area contributed by atoms with Crippen LogP contribution < -0.4 is 10.6 Å². The third-order valence-electron chi connectivity index (χ3n) is 4.50. The predicted molar refractivity (Wildman–Crippen MR) is 114 cm³/mol. The first-order valence-electron chi connectivity index (χ1n) is 9.35.